The Bertz CT molecular complexity index is 589. The summed E-state index contributed by atoms with van der Waals surface area (Å²) in [5.74, 6) is -0.205. The molecule has 0 heterocycles. The van der Waals surface area contributed by atoms with E-state index < -0.39 is 0 Å². The average Bonchev–Trinajstić information content (AvgIpc) is 2.46. The molecule has 0 amide bonds. The largest absolute Gasteiger partial charge is 0.508 e. The molecule has 0 aliphatic carbocycles. The Hall–Kier alpha value is -2.69. The van der Waals surface area contributed by atoms with Crippen molar-refractivity contribution >= 4 is 17.3 Å². The maximum Gasteiger partial charge on any atom is 0.337 e. The third-order valence-corrected chi connectivity index (χ3v) is 2.42. The number of esters is 1. The van der Waals surface area contributed by atoms with Crippen LogP contribution in [0.3, 0.4) is 0 Å². The lowest BCUT2D eigenvalue weighted by Crippen LogP contribution is -1.99. The zero-order valence-corrected chi connectivity index (χ0v) is 10.3. The number of hydrogen-bond acceptors (Lipinski definition) is 5. The number of carbonyl (C=O) groups is 1. The second-order valence-corrected chi connectivity index (χ2v) is 3.75. The first-order valence-corrected chi connectivity index (χ1v) is 5.58. The zero-order valence-electron chi connectivity index (χ0n) is 10.3. The number of ether oxygens (including phenoxy) is 1. The van der Waals surface area contributed by atoms with Gasteiger partial charge in [0.1, 0.15) is 5.75 Å². The van der Waals surface area contributed by atoms with Crippen LogP contribution in [0.1, 0.15) is 10.4 Å². The van der Waals surface area contributed by atoms with Crippen LogP contribution in [-0.4, -0.2) is 18.2 Å². The SMILES string of the molecule is COC(=O)c1ccc(N=Nc2ccc(O)cc2)cc1. The smallest absolute Gasteiger partial charge is 0.337 e. The quantitative estimate of drug-likeness (QED) is 0.673. The fourth-order valence-electron chi connectivity index (χ4n) is 1.42. The molecule has 0 aromatic heterocycles. The van der Waals surface area contributed by atoms with Gasteiger partial charge < -0.3 is 9.84 Å². The normalized spacial score (nSPS) is 10.6. The summed E-state index contributed by atoms with van der Waals surface area (Å²) in [6.45, 7) is 0. The van der Waals surface area contributed by atoms with E-state index in [0.717, 1.165) is 0 Å². The van der Waals surface area contributed by atoms with Crippen molar-refractivity contribution in [3.05, 3.63) is 54.1 Å². The molecule has 5 heteroatoms. The first kappa shape index (κ1) is 12.8. The first-order valence-electron chi connectivity index (χ1n) is 5.58. The van der Waals surface area contributed by atoms with Crippen molar-refractivity contribution in [3.8, 4) is 5.75 Å². The van der Waals surface area contributed by atoms with Gasteiger partial charge >= 0.3 is 5.97 Å². The molecule has 2 rings (SSSR count). The second kappa shape index (κ2) is 5.77. The Morgan fingerprint density at radius 2 is 1.42 bits per heavy atom. The third-order valence-electron chi connectivity index (χ3n) is 2.42. The Kier molecular flexibility index (Phi) is 3.87. The molecule has 0 saturated heterocycles. The minimum Gasteiger partial charge on any atom is -0.508 e. The number of rotatable bonds is 3. The standard InChI is InChI=1S/C14H12N2O3/c1-19-14(18)10-2-4-11(5-3-10)15-16-12-6-8-13(17)9-7-12/h2-9,17H,1H3. The summed E-state index contributed by atoms with van der Waals surface area (Å²) in [6.07, 6.45) is 0. The van der Waals surface area contributed by atoms with Gasteiger partial charge in [-0.05, 0) is 48.5 Å². The number of methoxy groups -OCH3 is 1. The predicted octanol–water partition coefficient (Wildman–Crippen LogP) is 3.59. The molecule has 0 aliphatic rings. The van der Waals surface area contributed by atoms with E-state index in [1.54, 1.807) is 36.4 Å². The maximum atomic E-state index is 11.2. The van der Waals surface area contributed by atoms with Crippen molar-refractivity contribution < 1.29 is 14.6 Å². The summed E-state index contributed by atoms with van der Waals surface area (Å²) in [5, 5.41) is 17.2. The van der Waals surface area contributed by atoms with E-state index in [0.29, 0.717) is 16.9 Å². The fraction of sp³-hybridized carbons (Fsp3) is 0.0714. The van der Waals surface area contributed by atoms with Gasteiger partial charge in [0.25, 0.3) is 0 Å². The number of phenols is 1. The van der Waals surface area contributed by atoms with E-state index >= 15 is 0 Å². The molecule has 96 valence electrons. The summed E-state index contributed by atoms with van der Waals surface area (Å²) in [4.78, 5) is 11.2. The highest BCUT2D eigenvalue weighted by atomic mass is 16.5. The average molecular weight is 256 g/mol. The van der Waals surface area contributed by atoms with Crippen molar-refractivity contribution in [1.29, 1.82) is 0 Å². The lowest BCUT2D eigenvalue weighted by molar-refractivity contribution is 0.0601. The van der Waals surface area contributed by atoms with Crippen LogP contribution >= 0.6 is 0 Å². The second-order valence-electron chi connectivity index (χ2n) is 3.75. The van der Waals surface area contributed by atoms with Crippen molar-refractivity contribution in [2.45, 2.75) is 0 Å². The molecule has 0 spiro atoms. The van der Waals surface area contributed by atoms with E-state index in [1.165, 1.54) is 19.2 Å². The van der Waals surface area contributed by atoms with E-state index in [4.69, 9.17) is 5.11 Å². The van der Waals surface area contributed by atoms with Gasteiger partial charge in [0, 0.05) is 0 Å². The Labute approximate surface area is 110 Å². The Morgan fingerprint density at radius 1 is 0.947 bits per heavy atom. The molecule has 19 heavy (non-hydrogen) atoms. The van der Waals surface area contributed by atoms with Crippen LogP contribution in [0, 0.1) is 0 Å². The van der Waals surface area contributed by atoms with Crippen molar-refractivity contribution in [3.63, 3.8) is 0 Å². The predicted molar refractivity (Wildman–Crippen MR) is 70.1 cm³/mol. The van der Waals surface area contributed by atoms with Crippen LogP contribution in [-0.2, 0) is 4.74 Å². The topological polar surface area (TPSA) is 71.2 Å². The number of carbonyl (C=O) groups excluding carboxylic acids is 1. The maximum absolute atomic E-state index is 11.2. The van der Waals surface area contributed by atoms with Gasteiger partial charge in [-0.1, -0.05) is 0 Å². The summed E-state index contributed by atoms with van der Waals surface area (Å²) in [5.41, 5.74) is 1.72. The van der Waals surface area contributed by atoms with Crippen molar-refractivity contribution in [2.75, 3.05) is 7.11 Å². The molecule has 0 radical (unpaired) electrons. The molecular weight excluding hydrogens is 244 g/mol. The summed E-state index contributed by atoms with van der Waals surface area (Å²) in [7, 11) is 1.33. The molecular formula is C14H12N2O3. The van der Waals surface area contributed by atoms with Gasteiger partial charge in [0.15, 0.2) is 0 Å². The number of azo groups is 1. The van der Waals surface area contributed by atoms with Crippen LogP contribution in [0.25, 0.3) is 0 Å². The highest BCUT2D eigenvalue weighted by Gasteiger charge is 2.03. The van der Waals surface area contributed by atoms with Gasteiger partial charge in [-0.15, -0.1) is 0 Å². The summed E-state index contributed by atoms with van der Waals surface area (Å²) < 4.78 is 4.60. The van der Waals surface area contributed by atoms with E-state index in [-0.39, 0.29) is 11.7 Å². The Balaban J connectivity index is 2.11. The van der Waals surface area contributed by atoms with Crippen molar-refractivity contribution in [2.24, 2.45) is 10.2 Å². The number of benzene rings is 2. The number of aromatic hydroxyl groups is 1. The number of phenolic OH excluding ortho intramolecular Hbond substituents is 1. The van der Waals surface area contributed by atoms with E-state index in [1.807, 2.05) is 0 Å². The van der Waals surface area contributed by atoms with E-state index in [2.05, 4.69) is 15.0 Å². The fourth-order valence-corrected chi connectivity index (χ4v) is 1.42. The molecule has 1 N–H and O–H groups in total. The molecule has 5 nitrogen and oxygen atoms in total. The van der Waals surface area contributed by atoms with E-state index in [9.17, 15) is 4.79 Å². The monoisotopic (exact) mass is 256 g/mol. The molecule has 0 unspecified atom stereocenters. The van der Waals surface area contributed by atoms with Gasteiger partial charge in [0.2, 0.25) is 0 Å². The zero-order chi connectivity index (χ0) is 13.7. The van der Waals surface area contributed by atoms with Crippen LogP contribution < -0.4 is 0 Å². The third kappa shape index (κ3) is 3.38. The van der Waals surface area contributed by atoms with Gasteiger partial charge in [-0.3, -0.25) is 0 Å². The first-order chi connectivity index (χ1) is 9.19. The minimum absolute atomic E-state index is 0.182. The summed E-state index contributed by atoms with van der Waals surface area (Å²) in [6, 6.07) is 13.0. The highest BCUT2D eigenvalue weighted by molar-refractivity contribution is 5.89. The molecule has 2 aromatic rings. The molecule has 2 aromatic carbocycles. The lowest BCUT2D eigenvalue weighted by atomic mass is 10.2. The molecule has 0 bridgehead atoms. The molecule has 0 fully saturated rings. The summed E-state index contributed by atoms with van der Waals surface area (Å²) >= 11 is 0. The van der Waals surface area contributed by atoms with Crippen LogP contribution in [0.15, 0.2) is 58.8 Å². The highest BCUT2D eigenvalue weighted by Crippen LogP contribution is 2.20. The van der Waals surface area contributed by atoms with Crippen LogP contribution in [0.2, 0.25) is 0 Å². The number of hydrogen-bond donors (Lipinski definition) is 1. The van der Waals surface area contributed by atoms with Gasteiger partial charge in [-0.2, -0.15) is 10.2 Å². The van der Waals surface area contributed by atoms with Crippen LogP contribution in [0.5, 0.6) is 5.75 Å². The molecule has 0 atom stereocenters. The van der Waals surface area contributed by atoms with Crippen LogP contribution in [0.4, 0.5) is 11.4 Å². The van der Waals surface area contributed by atoms with Gasteiger partial charge in [0.05, 0.1) is 24.0 Å². The minimum atomic E-state index is -0.387. The molecule has 0 saturated carbocycles. The van der Waals surface area contributed by atoms with Crippen molar-refractivity contribution in [1.82, 2.24) is 0 Å². The Morgan fingerprint density at radius 3 is 1.89 bits per heavy atom. The molecule has 0 aliphatic heterocycles. The lowest BCUT2D eigenvalue weighted by Gasteiger charge is -1.98. The van der Waals surface area contributed by atoms with Gasteiger partial charge in [-0.25, -0.2) is 4.79 Å². The number of nitrogens with zero attached hydrogens (tertiary/aromatic N) is 2.